The van der Waals surface area contributed by atoms with Gasteiger partial charge in [-0.15, -0.1) is 0 Å². The minimum atomic E-state index is 0.616. The van der Waals surface area contributed by atoms with Crippen molar-refractivity contribution in [2.24, 2.45) is 0 Å². The van der Waals surface area contributed by atoms with Crippen LogP contribution in [0, 0.1) is 25.2 Å². The van der Waals surface area contributed by atoms with E-state index in [0.29, 0.717) is 11.5 Å². The van der Waals surface area contributed by atoms with Crippen LogP contribution < -0.4 is 5.73 Å². The summed E-state index contributed by atoms with van der Waals surface area (Å²) in [7, 11) is 0. The van der Waals surface area contributed by atoms with Crippen molar-refractivity contribution in [2.75, 3.05) is 5.73 Å². The van der Waals surface area contributed by atoms with Crippen molar-refractivity contribution in [1.29, 1.82) is 5.26 Å². The summed E-state index contributed by atoms with van der Waals surface area (Å²) in [5, 5.41) is 9.21. The standard InChI is InChI=1S/C26H22N2.C17H20/c1-3-21(23-16-19(2)15-20(17-23)18-27)10-8-11-22-9-4-5-12-24(22)25-13-6-7-14-26(25)28;1-4-13(2)15-10-7-8-12-17(15)16-11-6-5-9-14(16)3/h3-17H,1,28H2,2H3;5-13H,4H2,1-3H3/b11-8-,21-10+;/t;13-/m.1/s1. The molecule has 0 radical (unpaired) electrons. The van der Waals surface area contributed by atoms with E-state index in [-0.39, 0.29) is 0 Å². The van der Waals surface area contributed by atoms with Gasteiger partial charge in [0.05, 0.1) is 11.6 Å². The molecule has 0 amide bonds. The summed E-state index contributed by atoms with van der Waals surface area (Å²) in [6.07, 6.45) is 9.06. The Morgan fingerprint density at radius 2 is 1.42 bits per heavy atom. The van der Waals surface area contributed by atoms with E-state index in [4.69, 9.17) is 5.73 Å². The molecule has 2 heteroatoms. The van der Waals surface area contributed by atoms with Crippen molar-refractivity contribution in [2.45, 2.75) is 40.0 Å². The molecule has 0 aliphatic rings. The Balaban J connectivity index is 0.000000231. The van der Waals surface area contributed by atoms with E-state index >= 15 is 0 Å². The molecular weight excluding hydrogens is 544 g/mol. The molecule has 45 heavy (non-hydrogen) atoms. The van der Waals surface area contributed by atoms with Crippen LogP contribution in [0.4, 0.5) is 5.69 Å². The van der Waals surface area contributed by atoms with Crippen molar-refractivity contribution in [3.63, 3.8) is 0 Å². The minimum absolute atomic E-state index is 0.616. The lowest BCUT2D eigenvalue weighted by atomic mass is 9.89. The van der Waals surface area contributed by atoms with Gasteiger partial charge in [0.2, 0.25) is 0 Å². The number of hydrogen-bond acceptors (Lipinski definition) is 2. The van der Waals surface area contributed by atoms with E-state index in [0.717, 1.165) is 39.1 Å². The topological polar surface area (TPSA) is 49.8 Å². The lowest BCUT2D eigenvalue weighted by molar-refractivity contribution is 0.735. The van der Waals surface area contributed by atoms with Crippen molar-refractivity contribution >= 4 is 17.3 Å². The summed E-state index contributed by atoms with van der Waals surface area (Å²) < 4.78 is 0. The molecule has 5 aromatic rings. The molecule has 1 atom stereocenters. The Hall–Kier alpha value is -5.39. The van der Waals surface area contributed by atoms with Crippen LogP contribution in [0.5, 0.6) is 0 Å². The third-order valence-corrected chi connectivity index (χ3v) is 8.06. The van der Waals surface area contributed by atoms with Crippen LogP contribution in [0.25, 0.3) is 33.9 Å². The highest BCUT2D eigenvalue weighted by Crippen LogP contribution is 2.33. The second kappa shape index (κ2) is 15.9. The molecule has 5 rings (SSSR count). The first-order valence-corrected chi connectivity index (χ1v) is 15.5. The predicted molar refractivity (Wildman–Crippen MR) is 195 cm³/mol. The van der Waals surface area contributed by atoms with Crippen molar-refractivity contribution in [1.82, 2.24) is 0 Å². The molecule has 0 fully saturated rings. The number of hydrogen-bond donors (Lipinski definition) is 1. The van der Waals surface area contributed by atoms with E-state index in [2.05, 4.69) is 106 Å². The van der Waals surface area contributed by atoms with Gasteiger partial charge >= 0.3 is 0 Å². The maximum absolute atomic E-state index is 9.21. The number of nitrogens with two attached hydrogens (primary N) is 1. The molecule has 2 nitrogen and oxygen atoms in total. The molecule has 0 saturated carbocycles. The molecule has 0 aromatic heterocycles. The van der Waals surface area contributed by atoms with E-state index in [1.54, 1.807) is 6.08 Å². The van der Waals surface area contributed by atoms with Gasteiger partial charge in [-0.3, -0.25) is 0 Å². The fourth-order valence-corrected chi connectivity index (χ4v) is 5.45. The van der Waals surface area contributed by atoms with Gasteiger partial charge in [0, 0.05) is 11.3 Å². The highest BCUT2D eigenvalue weighted by molar-refractivity contribution is 5.84. The summed E-state index contributed by atoms with van der Waals surface area (Å²) in [5.41, 5.74) is 19.3. The zero-order valence-electron chi connectivity index (χ0n) is 26.8. The number of benzene rings is 5. The third-order valence-electron chi connectivity index (χ3n) is 8.06. The molecule has 0 aliphatic heterocycles. The normalized spacial score (nSPS) is 11.8. The lowest BCUT2D eigenvalue weighted by Crippen LogP contribution is -1.95. The number of nitrogen functional groups attached to an aromatic ring is 1. The molecule has 0 bridgehead atoms. The smallest absolute Gasteiger partial charge is 0.0991 e. The molecule has 2 N–H and O–H groups in total. The van der Waals surface area contributed by atoms with Gasteiger partial charge in [-0.1, -0.05) is 142 Å². The van der Waals surface area contributed by atoms with Crippen LogP contribution >= 0.6 is 0 Å². The summed E-state index contributed by atoms with van der Waals surface area (Å²) in [6, 6.07) is 41.5. The van der Waals surface area contributed by atoms with Crippen LogP contribution in [0.1, 0.15) is 59.6 Å². The molecule has 0 saturated heterocycles. The van der Waals surface area contributed by atoms with Crippen molar-refractivity contribution in [3.8, 4) is 28.3 Å². The molecule has 224 valence electrons. The van der Waals surface area contributed by atoms with Gasteiger partial charge in [0.25, 0.3) is 0 Å². The Morgan fingerprint density at radius 3 is 2.09 bits per heavy atom. The molecule has 0 aliphatic carbocycles. The summed E-state index contributed by atoms with van der Waals surface area (Å²) in [5.74, 6) is 0.616. The third kappa shape index (κ3) is 8.37. The monoisotopic (exact) mass is 586 g/mol. The molecular formula is C43H42N2. The number of rotatable bonds is 8. The highest BCUT2D eigenvalue weighted by Gasteiger charge is 2.11. The summed E-state index contributed by atoms with van der Waals surface area (Å²) in [6.45, 7) is 12.6. The Morgan fingerprint density at radius 1 is 0.800 bits per heavy atom. The second-order valence-corrected chi connectivity index (χ2v) is 11.3. The number of nitrogens with zero attached hydrogens (tertiary/aromatic N) is 1. The number of allylic oxidation sites excluding steroid dienone is 4. The Bertz CT molecular complexity index is 1870. The molecule has 5 aromatic carbocycles. The highest BCUT2D eigenvalue weighted by atomic mass is 14.6. The van der Waals surface area contributed by atoms with E-state index in [1.807, 2.05) is 67.6 Å². The lowest BCUT2D eigenvalue weighted by Gasteiger charge is -2.16. The van der Waals surface area contributed by atoms with Gasteiger partial charge in [-0.25, -0.2) is 0 Å². The Kier molecular flexibility index (Phi) is 11.5. The number of aryl methyl sites for hydroxylation is 2. The van der Waals surface area contributed by atoms with E-state index in [9.17, 15) is 5.26 Å². The zero-order chi connectivity index (χ0) is 32.2. The zero-order valence-corrected chi connectivity index (χ0v) is 26.8. The summed E-state index contributed by atoms with van der Waals surface area (Å²) >= 11 is 0. The summed E-state index contributed by atoms with van der Waals surface area (Å²) in [4.78, 5) is 0. The van der Waals surface area contributed by atoms with Crippen molar-refractivity contribution < 1.29 is 0 Å². The maximum atomic E-state index is 9.21. The quantitative estimate of drug-likeness (QED) is 0.145. The van der Waals surface area contributed by atoms with Crippen LogP contribution in [-0.2, 0) is 0 Å². The minimum Gasteiger partial charge on any atom is -0.398 e. The fraction of sp³-hybridized carbons (Fsp3) is 0.140. The SMILES string of the molecule is C=C/C(=C\C=C/c1ccccc1-c1ccccc1N)c1cc(C)cc(C#N)c1.CC[C@@H](C)c1ccccc1-c1ccccc1C. The van der Waals surface area contributed by atoms with Gasteiger partial charge in [0.1, 0.15) is 0 Å². The fourth-order valence-electron chi connectivity index (χ4n) is 5.45. The van der Waals surface area contributed by atoms with Gasteiger partial charge in [0.15, 0.2) is 0 Å². The average Bonchev–Trinajstić information content (AvgIpc) is 3.07. The van der Waals surface area contributed by atoms with Crippen LogP contribution in [0.15, 0.2) is 140 Å². The van der Waals surface area contributed by atoms with E-state index < -0.39 is 0 Å². The first-order chi connectivity index (χ1) is 21.9. The maximum Gasteiger partial charge on any atom is 0.0991 e. The number of nitriles is 1. The molecule has 0 heterocycles. The average molecular weight is 587 g/mol. The van der Waals surface area contributed by atoms with Crippen LogP contribution in [-0.4, -0.2) is 0 Å². The van der Waals surface area contributed by atoms with Crippen LogP contribution in [0.2, 0.25) is 0 Å². The van der Waals surface area contributed by atoms with Crippen molar-refractivity contribution in [3.05, 3.63) is 173 Å². The first-order valence-electron chi connectivity index (χ1n) is 15.5. The number of anilines is 1. The van der Waals surface area contributed by atoms with E-state index in [1.165, 1.54) is 28.7 Å². The van der Waals surface area contributed by atoms with Crippen LogP contribution in [0.3, 0.4) is 0 Å². The predicted octanol–water partition coefficient (Wildman–Crippen LogP) is 11.6. The van der Waals surface area contributed by atoms with Gasteiger partial charge in [-0.05, 0) is 94.5 Å². The van der Waals surface area contributed by atoms with Gasteiger partial charge < -0.3 is 5.73 Å². The largest absolute Gasteiger partial charge is 0.398 e. The second-order valence-electron chi connectivity index (χ2n) is 11.3. The molecule has 0 unspecified atom stereocenters. The first kappa shape index (κ1) is 32.5. The number of para-hydroxylation sites is 1. The molecule has 0 spiro atoms. The Labute approximate surface area is 269 Å². The van der Waals surface area contributed by atoms with Gasteiger partial charge in [-0.2, -0.15) is 5.26 Å².